The number of morpholine rings is 1. The number of ether oxygens (including phenoxy) is 1. The van der Waals surface area contributed by atoms with Crippen LogP contribution in [-0.4, -0.2) is 51.7 Å². The summed E-state index contributed by atoms with van der Waals surface area (Å²) in [6, 6.07) is 3.80. The van der Waals surface area contributed by atoms with Crippen molar-refractivity contribution in [1.82, 2.24) is 20.0 Å². The molecule has 1 saturated heterocycles. The third-order valence-electron chi connectivity index (χ3n) is 3.63. The fourth-order valence-corrected chi connectivity index (χ4v) is 2.42. The van der Waals surface area contributed by atoms with E-state index in [1.807, 2.05) is 24.0 Å². The van der Waals surface area contributed by atoms with Gasteiger partial charge in [0, 0.05) is 37.3 Å². The number of hydrogen-bond acceptors (Lipinski definition) is 6. The van der Waals surface area contributed by atoms with Crippen LogP contribution in [-0.2, 0) is 16.0 Å². The molecule has 116 valence electrons. The molecule has 1 fully saturated rings. The quantitative estimate of drug-likeness (QED) is 0.847. The number of nitrogens with zero attached hydrogens (tertiary/aromatic N) is 4. The number of amides is 1. The summed E-state index contributed by atoms with van der Waals surface area (Å²) in [5.74, 6) is 1.06. The smallest absolute Gasteiger partial charge is 0.227 e. The highest BCUT2D eigenvalue weighted by Gasteiger charge is 2.23. The van der Waals surface area contributed by atoms with Crippen molar-refractivity contribution in [2.24, 2.45) is 0 Å². The third kappa shape index (κ3) is 3.30. The Morgan fingerprint density at radius 3 is 3.18 bits per heavy atom. The molecule has 2 aromatic heterocycles. The highest BCUT2D eigenvalue weighted by atomic mass is 16.5. The van der Waals surface area contributed by atoms with Crippen LogP contribution in [0, 0.1) is 0 Å². The number of aromatic nitrogens is 3. The molecule has 0 unspecified atom stereocenters. The van der Waals surface area contributed by atoms with Crippen molar-refractivity contribution in [2.45, 2.75) is 25.8 Å². The van der Waals surface area contributed by atoms with Gasteiger partial charge in [-0.1, -0.05) is 5.16 Å². The Morgan fingerprint density at radius 1 is 1.50 bits per heavy atom. The summed E-state index contributed by atoms with van der Waals surface area (Å²) in [5, 5.41) is 3.92. The van der Waals surface area contributed by atoms with Crippen molar-refractivity contribution in [2.75, 3.05) is 19.8 Å². The second-order valence-corrected chi connectivity index (χ2v) is 5.26. The Labute approximate surface area is 128 Å². The molecule has 0 N–H and O–H groups in total. The number of hydrogen-bond donors (Lipinski definition) is 0. The van der Waals surface area contributed by atoms with Gasteiger partial charge in [-0.25, -0.2) is 0 Å². The lowest BCUT2D eigenvalue weighted by molar-refractivity contribution is -0.139. The molecule has 0 aliphatic carbocycles. The second-order valence-electron chi connectivity index (χ2n) is 5.26. The minimum Gasteiger partial charge on any atom is -0.377 e. The van der Waals surface area contributed by atoms with Gasteiger partial charge in [0.2, 0.25) is 17.6 Å². The molecule has 1 aliphatic heterocycles. The van der Waals surface area contributed by atoms with Gasteiger partial charge in [-0.05, 0) is 19.1 Å². The summed E-state index contributed by atoms with van der Waals surface area (Å²) >= 11 is 0. The molecule has 2 aromatic rings. The van der Waals surface area contributed by atoms with Crippen molar-refractivity contribution < 1.29 is 14.1 Å². The van der Waals surface area contributed by atoms with Crippen molar-refractivity contribution in [1.29, 1.82) is 0 Å². The topological polar surface area (TPSA) is 81.4 Å². The van der Waals surface area contributed by atoms with Gasteiger partial charge in [-0.15, -0.1) is 0 Å². The van der Waals surface area contributed by atoms with Crippen molar-refractivity contribution in [3.05, 3.63) is 30.4 Å². The van der Waals surface area contributed by atoms with E-state index in [0.717, 1.165) is 5.56 Å². The van der Waals surface area contributed by atoms with Crippen LogP contribution in [0.5, 0.6) is 0 Å². The molecule has 0 saturated carbocycles. The Kier molecular flexibility index (Phi) is 4.43. The van der Waals surface area contributed by atoms with Gasteiger partial charge in [0.15, 0.2) is 0 Å². The first kappa shape index (κ1) is 14.6. The molecule has 1 atom stereocenters. The lowest BCUT2D eigenvalue weighted by Gasteiger charge is -2.33. The van der Waals surface area contributed by atoms with Gasteiger partial charge in [0.05, 0.1) is 19.3 Å². The van der Waals surface area contributed by atoms with Crippen LogP contribution >= 0.6 is 0 Å². The van der Waals surface area contributed by atoms with Crippen molar-refractivity contribution in [3.63, 3.8) is 0 Å². The SMILES string of the molecule is C[C@@H]1COCCN1C(=O)CCc1nc(-c2cccnc2)no1. The molecule has 0 aromatic carbocycles. The zero-order valence-corrected chi connectivity index (χ0v) is 12.4. The van der Waals surface area contributed by atoms with Crippen LogP contribution < -0.4 is 0 Å². The van der Waals surface area contributed by atoms with Crippen LogP contribution in [0.1, 0.15) is 19.2 Å². The summed E-state index contributed by atoms with van der Waals surface area (Å²) in [6.07, 6.45) is 4.16. The molecule has 3 rings (SSSR count). The van der Waals surface area contributed by atoms with E-state index in [2.05, 4.69) is 15.1 Å². The maximum atomic E-state index is 12.2. The van der Waals surface area contributed by atoms with E-state index in [1.54, 1.807) is 12.4 Å². The molecule has 0 bridgehead atoms. The zero-order valence-electron chi connectivity index (χ0n) is 12.4. The van der Waals surface area contributed by atoms with E-state index < -0.39 is 0 Å². The van der Waals surface area contributed by atoms with Crippen molar-refractivity contribution >= 4 is 5.91 Å². The standard InChI is InChI=1S/C15H18N4O3/c1-11-10-21-8-7-19(11)14(20)5-4-13-17-15(18-22-13)12-3-2-6-16-9-12/h2-3,6,9,11H,4-5,7-8,10H2,1H3/t11-/m1/s1. The van der Waals surface area contributed by atoms with Gasteiger partial charge >= 0.3 is 0 Å². The van der Waals surface area contributed by atoms with Crippen LogP contribution in [0.3, 0.4) is 0 Å². The highest BCUT2D eigenvalue weighted by Crippen LogP contribution is 2.15. The van der Waals surface area contributed by atoms with Crippen molar-refractivity contribution in [3.8, 4) is 11.4 Å². The van der Waals surface area contributed by atoms with E-state index >= 15 is 0 Å². The van der Waals surface area contributed by atoms with E-state index in [1.165, 1.54) is 0 Å². The van der Waals surface area contributed by atoms with Crippen LogP contribution in [0.15, 0.2) is 29.0 Å². The predicted molar refractivity (Wildman–Crippen MR) is 77.8 cm³/mol. The summed E-state index contributed by atoms with van der Waals surface area (Å²) in [6.45, 7) is 3.83. The lowest BCUT2D eigenvalue weighted by Crippen LogP contribution is -2.47. The monoisotopic (exact) mass is 302 g/mol. The summed E-state index contributed by atoms with van der Waals surface area (Å²) in [5.41, 5.74) is 0.797. The normalized spacial score (nSPS) is 18.4. The molecule has 0 spiro atoms. The van der Waals surface area contributed by atoms with Gasteiger partial charge < -0.3 is 14.2 Å². The first-order valence-electron chi connectivity index (χ1n) is 7.34. The Bertz CT molecular complexity index is 629. The Hall–Kier alpha value is -2.28. The van der Waals surface area contributed by atoms with E-state index in [0.29, 0.717) is 44.3 Å². The maximum absolute atomic E-state index is 12.2. The number of carbonyl (C=O) groups excluding carboxylic acids is 1. The molecule has 7 nitrogen and oxygen atoms in total. The van der Waals surface area contributed by atoms with Crippen LogP contribution in [0.4, 0.5) is 0 Å². The zero-order chi connectivity index (χ0) is 15.4. The minimum atomic E-state index is 0.0944. The summed E-state index contributed by atoms with van der Waals surface area (Å²) < 4.78 is 10.5. The Balaban J connectivity index is 1.58. The molecule has 22 heavy (non-hydrogen) atoms. The van der Waals surface area contributed by atoms with Gasteiger partial charge in [0.25, 0.3) is 0 Å². The predicted octanol–water partition coefficient (Wildman–Crippen LogP) is 1.31. The molecule has 3 heterocycles. The highest BCUT2D eigenvalue weighted by molar-refractivity contribution is 5.76. The number of aryl methyl sites for hydroxylation is 1. The third-order valence-corrected chi connectivity index (χ3v) is 3.63. The van der Waals surface area contributed by atoms with Crippen LogP contribution in [0.25, 0.3) is 11.4 Å². The number of carbonyl (C=O) groups is 1. The molecule has 1 aliphatic rings. The average molecular weight is 302 g/mol. The Morgan fingerprint density at radius 2 is 2.41 bits per heavy atom. The second kappa shape index (κ2) is 6.65. The number of rotatable bonds is 4. The fraction of sp³-hybridized carbons (Fsp3) is 0.467. The maximum Gasteiger partial charge on any atom is 0.227 e. The summed E-state index contributed by atoms with van der Waals surface area (Å²) in [4.78, 5) is 22.4. The molecule has 7 heteroatoms. The van der Waals surface area contributed by atoms with Crippen LogP contribution in [0.2, 0.25) is 0 Å². The largest absolute Gasteiger partial charge is 0.377 e. The first-order valence-corrected chi connectivity index (χ1v) is 7.34. The lowest BCUT2D eigenvalue weighted by atomic mass is 10.2. The van der Waals surface area contributed by atoms with E-state index in [9.17, 15) is 4.79 Å². The average Bonchev–Trinajstić information content (AvgIpc) is 3.03. The van der Waals surface area contributed by atoms with E-state index in [-0.39, 0.29) is 11.9 Å². The van der Waals surface area contributed by atoms with E-state index in [4.69, 9.17) is 9.26 Å². The van der Waals surface area contributed by atoms with Gasteiger partial charge in [0.1, 0.15) is 0 Å². The van der Waals surface area contributed by atoms with Gasteiger partial charge in [-0.3, -0.25) is 9.78 Å². The molecular weight excluding hydrogens is 284 g/mol. The fourth-order valence-electron chi connectivity index (χ4n) is 2.42. The molecular formula is C15H18N4O3. The first-order chi connectivity index (χ1) is 10.7. The molecule has 1 amide bonds. The minimum absolute atomic E-state index is 0.0944. The van der Waals surface area contributed by atoms with Gasteiger partial charge in [-0.2, -0.15) is 4.98 Å². The molecule has 0 radical (unpaired) electrons. The number of pyridine rings is 1. The summed E-state index contributed by atoms with van der Waals surface area (Å²) in [7, 11) is 0.